The number of hydrogen-bond acceptors (Lipinski definition) is 3. The van der Waals surface area contributed by atoms with Gasteiger partial charge in [0.05, 0.1) is 12.2 Å². The first-order chi connectivity index (χ1) is 13.0. The number of carbonyl (C=O) groups is 1. The first kappa shape index (κ1) is 17.1. The summed E-state index contributed by atoms with van der Waals surface area (Å²) >= 11 is 0. The van der Waals surface area contributed by atoms with Crippen molar-refractivity contribution in [1.82, 2.24) is 4.98 Å². The Labute approximate surface area is 152 Å². The zero-order valence-corrected chi connectivity index (χ0v) is 13.9. The average molecular weight is 370 g/mol. The van der Waals surface area contributed by atoms with Crippen molar-refractivity contribution >= 4 is 11.6 Å². The van der Waals surface area contributed by atoms with Crippen molar-refractivity contribution in [3.63, 3.8) is 0 Å². The van der Waals surface area contributed by atoms with E-state index in [0.29, 0.717) is 28.1 Å². The molecule has 2 aromatic carbocycles. The third-order valence-electron chi connectivity index (χ3n) is 4.34. The van der Waals surface area contributed by atoms with Crippen molar-refractivity contribution in [3.8, 4) is 17.0 Å². The Morgan fingerprint density at radius 3 is 2.48 bits per heavy atom. The predicted molar refractivity (Wildman–Crippen MR) is 93.2 cm³/mol. The molecule has 0 unspecified atom stereocenters. The number of hydrogen-bond donors (Lipinski definition) is 0. The highest BCUT2D eigenvalue weighted by atomic mass is 19.3. The van der Waals surface area contributed by atoms with Crippen molar-refractivity contribution in [2.24, 2.45) is 0 Å². The standard InChI is InChI=1S/C20H13F3N2O2/c21-12-5-7-13(8-6-12)25-11-16-14(19(25)26)9-10-24-18(16)15-3-1-2-4-17(15)27-20(22)23/h1-10,20H,11H2. The molecule has 136 valence electrons. The van der Waals surface area contributed by atoms with Gasteiger partial charge >= 0.3 is 6.61 Å². The Balaban J connectivity index is 1.77. The van der Waals surface area contributed by atoms with Gasteiger partial charge in [-0.25, -0.2) is 4.39 Å². The number of aromatic nitrogens is 1. The third-order valence-corrected chi connectivity index (χ3v) is 4.34. The lowest BCUT2D eigenvalue weighted by molar-refractivity contribution is -0.0494. The number of fused-ring (bicyclic) bond motifs is 1. The maximum absolute atomic E-state index is 13.2. The summed E-state index contributed by atoms with van der Waals surface area (Å²) in [6.45, 7) is -2.77. The molecule has 4 nitrogen and oxygen atoms in total. The molecular weight excluding hydrogens is 357 g/mol. The van der Waals surface area contributed by atoms with Crippen LogP contribution in [-0.2, 0) is 6.54 Å². The number of pyridine rings is 1. The van der Waals surface area contributed by atoms with E-state index in [9.17, 15) is 18.0 Å². The molecule has 1 aromatic heterocycles. The summed E-state index contributed by atoms with van der Waals surface area (Å²) in [6, 6.07) is 13.5. The molecule has 0 radical (unpaired) electrons. The van der Waals surface area contributed by atoms with Gasteiger partial charge in [0.15, 0.2) is 0 Å². The molecule has 4 rings (SSSR count). The zero-order valence-electron chi connectivity index (χ0n) is 13.9. The number of nitrogens with zero attached hydrogens (tertiary/aromatic N) is 2. The molecule has 27 heavy (non-hydrogen) atoms. The van der Waals surface area contributed by atoms with Gasteiger partial charge in [0, 0.05) is 28.6 Å². The Morgan fingerprint density at radius 1 is 1.00 bits per heavy atom. The minimum absolute atomic E-state index is 0.0129. The summed E-state index contributed by atoms with van der Waals surface area (Å²) in [7, 11) is 0. The van der Waals surface area contributed by atoms with Crippen LogP contribution in [-0.4, -0.2) is 17.5 Å². The molecule has 0 aliphatic carbocycles. The number of para-hydroxylation sites is 1. The van der Waals surface area contributed by atoms with Crippen LogP contribution in [0.1, 0.15) is 15.9 Å². The Morgan fingerprint density at radius 2 is 1.74 bits per heavy atom. The summed E-state index contributed by atoms with van der Waals surface area (Å²) in [5.74, 6) is -0.670. The van der Waals surface area contributed by atoms with Crippen LogP contribution in [0.4, 0.5) is 18.9 Å². The quantitative estimate of drug-likeness (QED) is 0.671. The molecule has 0 fully saturated rings. The SMILES string of the molecule is O=C1c2ccnc(-c3ccccc3OC(F)F)c2CN1c1ccc(F)cc1. The monoisotopic (exact) mass is 370 g/mol. The number of anilines is 1. The normalized spacial score (nSPS) is 13.2. The molecule has 3 aromatic rings. The number of benzene rings is 2. The van der Waals surface area contributed by atoms with Crippen LogP contribution in [0.3, 0.4) is 0 Å². The van der Waals surface area contributed by atoms with Gasteiger partial charge in [0.1, 0.15) is 11.6 Å². The molecule has 0 atom stereocenters. The maximum Gasteiger partial charge on any atom is 0.387 e. The van der Waals surface area contributed by atoms with Crippen LogP contribution in [0.2, 0.25) is 0 Å². The lowest BCUT2D eigenvalue weighted by Crippen LogP contribution is -2.22. The average Bonchev–Trinajstić information content (AvgIpc) is 2.99. The van der Waals surface area contributed by atoms with E-state index < -0.39 is 12.4 Å². The van der Waals surface area contributed by atoms with Gasteiger partial charge in [0.25, 0.3) is 5.91 Å². The van der Waals surface area contributed by atoms with E-state index in [2.05, 4.69) is 9.72 Å². The van der Waals surface area contributed by atoms with E-state index in [-0.39, 0.29) is 18.2 Å². The number of halogens is 3. The summed E-state index contributed by atoms with van der Waals surface area (Å²) in [5, 5.41) is 0. The van der Waals surface area contributed by atoms with E-state index in [4.69, 9.17) is 0 Å². The summed E-state index contributed by atoms with van der Waals surface area (Å²) in [5.41, 5.74) is 2.36. The van der Waals surface area contributed by atoms with Crippen LogP contribution in [0, 0.1) is 5.82 Å². The van der Waals surface area contributed by atoms with Crippen LogP contribution in [0.25, 0.3) is 11.3 Å². The molecule has 7 heteroatoms. The van der Waals surface area contributed by atoms with Gasteiger partial charge in [-0.05, 0) is 42.5 Å². The molecular formula is C20H13F3N2O2. The molecule has 1 amide bonds. The minimum atomic E-state index is -2.97. The van der Waals surface area contributed by atoms with Crippen LogP contribution in [0.15, 0.2) is 60.8 Å². The van der Waals surface area contributed by atoms with Crippen molar-refractivity contribution < 1.29 is 22.7 Å². The van der Waals surface area contributed by atoms with Crippen molar-refractivity contribution in [1.29, 1.82) is 0 Å². The summed E-state index contributed by atoms with van der Waals surface area (Å²) in [6.07, 6.45) is 1.46. The summed E-state index contributed by atoms with van der Waals surface area (Å²) < 4.78 is 43.2. The van der Waals surface area contributed by atoms with E-state index >= 15 is 0 Å². The lowest BCUT2D eigenvalue weighted by Gasteiger charge is -2.16. The summed E-state index contributed by atoms with van der Waals surface area (Å²) in [4.78, 5) is 18.6. The Bertz CT molecular complexity index is 1010. The molecule has 0 saturated carbocycles. The number of carbonyl (C=O) groups excluding carboxylic acids is 1. The fourth-order valence-electron chi connectivity index (χ4n) is 3.15. The molecule has 0 saturated heterocycles. The molecule has 0 bridgehead atoms. The topological polar surface area (TPSA) is 42.4 Å². The first-order valence-electron chi connectivity index (χ1n) is 8.14. The number of rotatable bonds is 4. The van der Waals surface area contributed by atoms with Gasteiger partial charge in [-0.3, -0.25) is 9.78 Å². The van der Waals surface area contributed by atoms with Gasteiger partial charge in [-0.2, -0.15) is 8.78 Å². The van der Waals surface area contributed by atoms with Crippen molar-refractivity contribution in [2.75, 3.05) is 4.90 Å². The fourth-order valence-corrected chi connectivity index (χ4v) is 3.15. The minimum Gasteiger partial charge on any atom is -0.434 e. The molecule has 0 N–H and O–H groups in total. The molecule has 2 heterocycles. The highest BCUT2D eigenvalue weighted by Crippen LogP contribution is 2.37. The number of amides is 1. The van der Waals surface area contributed by atoms with Crippen LogP contribution < -0.4 is 9.64 Å². The van der Waals surface area contributed by atoms with Crippen LogP contribution >= 0.6 is 0 Å². The van der Waals surface area contributed by atoms with E-state index in [0.717, 1.165) is 0 Å². The Kier molecular flexibility index (Phi) is 4.27. The maximum atomic E-state index is 13.2. The van der Waals surface area contributed by atoms with Gasteiger partial charge < -0.3 is 9.64 Å². The zero-order chi connectivity index (χ0) is 19.0. The van der Waals surface area contributed by atoms with E-state index in [1.165, 1.54) is 41.4 Å². The second kappa shape index (κ2) is 6.75. The highest BCUT2D eigenvalue weighted by molar-refractivity contribution is 6.11. The third kappa shape index (κ3) is 3.12. The smallest absolute Gasteiger partial charge is 0.387 e. The fraction of sp³-hybridized carbons (Fsp3) is 0.100. The predicted octanol–water partition coefficient (Wildman–Crippen LogP) is 4.65. The first-order valence-corrected chi connectivity index (χ1v) is 8.14. The van der Waals surface area contributed by atoms with Gasteiger partial charge in [0.2, 0.25) is 0 Å². The second-order valence-corrected chi connectivity index (χ2v) is 5.93. The largest absolute Gasteiger partial charge is 0.434 e. The van der Waals surface area contributed by atoms with Crippen molar-refractivity contribution in [3.05, 3.63) is 77.7 Å². The van der Waals surface area contributed by atoms with Crippen LogP contribution in [0.5, 0.6) is 5.75 Å². The lowest BCUT2D eigenvalue weighted by atomic mass is 10.0. The van der Waals surface area contributed by atoms with E-state index in [1.807, 2.05) is 0 Å². The molecule has 0 spiro atoms. The van der Waals surface area contributed by atoms with Gasteiger partial charge in [-0.15, -0.1) is 0 Å². The number of ether oxygens (including phenoxy) is 1. The van der Waals surface area contributed by atoms with Crippen molar-refractivity contribution in [2.45, 2.75) is 13.2 Å². The van der Waals surface area contributed by atoms with Gasteiger partial charge in [-0.1, -0.05) is 12.1 Å². The molecule has 1 aliphatic rings. The molecule has 1 aliphatic heterocycles. The second-order valence-electron chi connectivity index (χ2n) is 5.93. The Hall–Kier alpha value is -3.35. The number of alkyl halides is 2. The highest BCUT2D eigenvalue weighted by Gasteiger charge is 2.32. The van der Waals surface area contributed by atoms with E-state index in [1.54, 1.807) is 24.3 Å².